The number of pyridine rings is 1. The van der Waals surface area contributed by atoms with E-state index in [0.717, 1.165) is 11.1 Å². The molecule has 2 rings (SSSR count). The fourth-order valence-electron chi connectivity index (χ4n) is 2.04. The van der Waals surface area contributed by atoms with Gasteiger partial charge in [-0.05, 0) is 12.1 Å². The Balaban J connectivity index is 2.85. The van der Waals surface area contributed by atoms with Crippen molar-refractivity contribution in [2.75, 3.05) is 7.11 Å². The third-order valence-electron chi connectivity index (χ3n) is 3.17. The molecular formula is C15H19N3O2. The molecule has 3 N–H and O–H groups in total. The van der Waals surface area contributed by atoms with Crippen molar-refractivity contribution in [2.24, 2.45) is 5.84 Å². The van der Waals surface area contributed by atoms with Gasteiger partial charge in [0.2, 0.25) is 0 Å². The van der Waals surface area contributed by atoms with Crippen molar-refractivity contribution in [2.45, 2.75) is 26.2 Å². The third kappa shape index (κ3) is 2.44. The maximum Gasteiger partial charge on any atom is 0.265 e. The standard InChI is InChI=1S/C15H19N3O2/c1-15(2,3)12-8-10(14(19)18-16)9-6-5-7-11(20-4)13(9)17-12/h5-8H,16H2,1-4H3,(H,18,19). The zero-order chi connectivity index (χ0) is 14.9. The second kappa shape index (κ2) is 5.09. The van der Waals surface area contributed by atoms with Crippen molar-refractivity contribution >= 4 is 16.8 Å². The highest BCUT2D eigenvalue weighted by Gasteiger charge is 2.21. The molecule has 20 heavy (non-hydrogen) atoms. The topological polar surface area (TPSA) is 77.2 Å². The lowest BCUT2D eigenvalue weighted by Crippen LogP contribution is -2.30. The number of hydrazine groups is 1. The maximum absolute atomic E-state index is 12.0. The molecule has 0 unspecified atom stereocenters. The predicted octanol–water partition coefficient (Wildman–Crippen LogP) is 2.14. The summed E-state index contributed by atoms with van der Waals surface area (Å²) in [5.41, 5.74) is 3.98. The van der Waals surface area contributed by atoms with E-state index in [2.05, 4.69) is 10.4 Å². The molecule has 106 valence electrons. The number of nitrogens with zero attached hydrogens (tertiary/aromatic N) is 1. The lowest BCUT2D eigenvalue weighted by molar-refractivity contribution is 0.0955. The number of benzene rings is 1. The molecular weight excluding hydrogens is 254 g/mol. The van der Waals surface area contributed by atoms with Gasteiger partial charge in [0.25, 0.3) is 5.91 Å². The number of para-hydroxylation sites is 1. The van der Waals surface area contributed by atoms with Crippen LogP contribution in [0, 0.1) is 0 Å². The van der Waals surface area contributed by atoms with Crippen LogP contribution >= 0.6 is 0 Å². The molecule has 1 amide bonds. The summed E-state index contributed by atoms with van der Waals surface area (Å²) >= 11 is 0. The molecule has 0 spiro atoms. The fraction of sp³-hybridized carbons (Fsp3) is 0.333. The van der Waals surface area contributed by atoms with Gasteiger partial charge in [0.15, 0.2) is 0 Å². The lowest BCUT2D eigenvalue weighted by Gasteiger charge is -2.20. The van der Waals surface area contributed by atoms with E-state index in [9.17, 15) is 4.79 Å². The van der Waals surface area contributed by atoms with Gasteiger partial charge in [0.05, 0.1) is 12.7 Å². The number of nitrogens with two attached hydrogens (primary N) is 1. The molecule has 0 aliphatic carbocycles. The number of aromatic nitrogens is 1. The second-order valence-corrected chi connectivity index (χ2v) is 5.63. The Labute approximate surface area is 118 Å². The Morgan fingerprint density at radius 2 is 2.05 bits per heavy atom. The van der Waals surface area contributed by atoms with E-state index < -0.39 is 0 Å². The molecule has 2 aromatic rings. The van der Waals surface area contributed by atoms with Crippen LogP contribution in [0.2, 0.25) is 0 Å². The molecule has 0 aliphatic heterocycles. The van der Waals surface area contributed by atoms with Gasteiger partial charge in [0.1, 0.15) is 11.3 Å². The average Bonchev–Trinajstić information content (AvgIpc) is 2.43. The Bertz CT molecular complexity index is 660. The van der Waals surface area contributed by atoms with Gasteiger partial charge in [-0.25, -0.2) is 10.8 Å². The van der Waals surface area contributed by atoms with E-state index in [1.165, 1.54) is 0 Å². The van der Waals surface area contributed by atoms with Gasteiger partial charge in [0, 0.05) is 16.5 Å². The quantitative estimate of drug-likeness (QED) is 0.499. The Morgan fingerprint density at radius 1 is 1.35 bits per heavy atom. The van der Waals surface area contributed by atoms with Gasteiger partial charge >= 0.3 is 0 Å². The van der Waals surface area contributed by atoms with Crippen LogP contribution in [-0.4, -0.2) is 18.0 Å². The zero-order valence-electron chi connectivity index (χ0n) is 12.2. The van der Waals surface area contributed by atoms with Crippen molar-refractivity contribution in [1.82, 2.24) is 10.4 Å². The van der Waals surface area contributed by atoms with Crippen LogP contribution in [0.1, 0.15) is 36.8 Å². The fourth-order valence-corrected chi connectivity index (χ4v) is 2.04. The first-order chi connectivity index (χ1) is 9.38. The molecule has 0 atom stereocenters. The molecule has 5 nitrogen and oxygen atoms in total. The normalized spacial score (nSPS) is 11.4. The number of methoxy groups -OCH3 is 1. The molecule has 0 fully saturated rings. The van der Waals surface area contributed by atoms with Crippen LogP contribution in [0.15, 0.2) is 24.3 Å². The number of ether oxygens (including phenoxy) is 1. The number of nitrogens with one attached hydrogen (secondary N) is 1. The van der Waals surface area contributed by atoms with Crippen LogP contribution in [0.3, 0.4) is 0 Å². The van der Waals surface area contributed by atoms with Crippen molar-refractivity contribution in [1.29, 1.82) is 0 Å². The number of hydrogen-bond acceptors (Lipinski definition) is 4. The number of rotatable bonds is 2. The molecule has 0 saturated heterocycles. The van der Waals surface area contributed by atoms with Crippen LogP contribution in [0.5, 0.6) is 5.75 Å². The van der Waals surface area contributed by atoms with E-state index in [1.807, 2.05) is 39.0 Å². The zero-order valence-corrected chi connectivity index (χ0v) is 12.2. The predicted molar refractivity (Wildman–Crippen MR) is 78.6 cm³/mol. The molecule has 5 heteroatoms. The van der Waals surface area contributed by atoms with Gasteiger partial charge in [-0.2, -0.15) is 0 Å². The van der Waals surface area contributed by atoms with E-state index in [1.54, 1.807) is 13.2 Å². The number of amides is 1. The van der Waals surface area contributed by atoms with E-state index in [4.69, 9.17) is 10.6 Å². The first kappa shape index (κ1) is 14.3. The molecule has 0 saturated carbocycles. The molecule has 1 heterocycles. The van der Waals surface area contributed by atoms with Crippen molar-refractivity contribution < 1.29 is 9.53 Å². The highest BCUT2D eigenvalue weighted by atomic mass is 16.5. The van der Waals surface area contributed by atoms with Crippen LogP contribution in [0.25, 0.3) is 10.9 Å². The summed E-state index contributed by atoms with van der Waals surface area (Å²) in [6.07, 6.45) is 0. The van der Waals surface area contributed by atoms with Crippen LogP contribution in [-0.2, 0) is 5.41 Å². The molecule has 0 bridgehead atoms. The molecule has 0 radical (unpaired) electrons. The minimum absolute atomic E-state index is 0.182. The van der Waals surface area contributed by atoms with E-state index in [-0.39, 0.29) is 11.3 Å². The van der Waals surface area contributed by atoms with Gasteiger partial charge < -0.3 is 4.74 Å². The summed E-state index contributed by atoms with van der Waals surface area (Å²) in [6, 6.07) is 7.27. The first-order valence-corrected chi connectivity index (χ1v) is 6.37. The van der Waals surface area contributed by atoms with Gasteiger partial charge in [-0.1, -0.05) is 32.9 Å². The maximum atomic E-state index is 12.0. The number of nitrogen functional groups attached to an aromatic ring is 1. The first-order valence-electron chi connectivity index (χ1n) is 6.37. The molecule has 1 aromatic heterocycles. The lowest BCUT2D eigenvalue weighted by atomic mass is 9.89. The smallest absolute Gasteiger partial charge is 0.265 e. The summed E-state index contributed by atoms with van der Waals surface area (Å²) in [7, 11) is 1.59. The van der Waals surface area contributed by atoms with Crippen molar-refractivity contribution in [3.8, 4) is 5.75 Å². The Morgan fingerprint density at radius 3 is 2.60 bits per heavy atom. The van der Waals surface area contributed by atoms with Gasteiger partial charge in [-0.3, -0.25) is 10.2 Å². The number of hydrogen-bond donors (Lipinski definition) is 2. The van der Waals surface area contributed by atoms with Crippen LogP contribution < -0.4 is 16.0 Å². The SMILES string of the molecule is COc1cccc2c(C(=O)NN)cc(C(C)(C)C)nc12. The molecule has 1 aromatic carbocycles. The van der Waals surface area contributed by atoms with Crippen molar-refractivity contribution in [3.63, 3.8) is 0 Å². The number of carbonyl (C=O) groups excluding carboxylic acids is 1. The molecule has 0 aliphatic rings. The monoisotopic (exact) mass is 273 g/mol. The summed E-state index contributed by atoms with van der Waals surface area (Å²) in [6.45, 7) is 6.13. The minimum Gasteiger partial charge on any atom is -0.494 e. The van der Waals surface area contributed by atoms with Crippen molar-refractivity contribution in [3.05, 3.63) is 35.5 Å². The highest BCUT2D eigenvalue weighted by Crippen LogP contribution is 2.30. The summed E-state index contributed by atoms with van der Waals surface area (Å²) < 4.78 is 5.34. The van der Waals surface area contributed by atoms with E-state index >= 15 is 0 Å². The average molecular weight is 273 g/mol. The highest BCUT2D eigenvalue weighted by molar-refractivity contribution is 6.07. The summed E-state index contributed by atoms with van der Waals surface area (Å²) in [5, 5.41) is 0.722. The minimum atomic E-state index is -0.337. The summed E-state index contributed by atoms with van der Waals surface area (Å²) in [5.74, 6) is 5.58. The second-order valence-electron chi connectivity index (χ2n) is 5.63. The number of carbonyl (C=O) groups is 1. The third-order valence-corrected chi connectivity index (χ3v) is 3.17. The largest absolute Gasteiger partial charge is 0.494 e. The number of fused-ring (bicyclic) bond motifs is 1. The van der Waals surface area contributed by atoms with Crippen LogP contribution in [0.4, 0.5) is 0 Å². The Kier molecular flexibility index (Phi) is 3.63. The van der Waals surface area contributed by atoms with Gasteiger partial charge in [-0.15, -0.1) is 0 Å². The van der Waals surface area contributed by atoms with E-state index in [0.29, 0.717) is 16.8 Å². The Hall–Kier alpha value is -2.14. The summed E-state index contributed by atoms with van der Waals surface area (Å²) in [4.78, 5) is 16.7.